The van der Waals surface area contributed by atoms with E-state index in [1.54, 1.807) is 0 Å². The summed E-state index contributed by atoms with van der Waals surface area (Å²) in [7, 11) is 1.48. The van der Waals surface area contributed by atoms with Crippen LogP contribution in [-0.2, 0) is 9.53 Å². The van der Waals surface area contributed by atoms with Crippen molar-refractivity contribution in [1.82, 2.24) is 0 Å². The third kappa shape index (κ3) is 3.68. The number of aliphatic hydroxyl groups excluding tert-OH is 2. The molecule has 4 aliphatic carbocycles. The van der Waals surface area contributed by atoms with E-state index >= 15 is 0 Å². The van der Waals surface area contributed by atoms with E-state index in [1.165, 1.54) is 32.8 Å². The average Bonchev–Trinajstić information content (AvgIpc) is 3.10. The fourth-order valence-electron chi connectivity index (χ4n) is 9.58. The number of fused-ring (bicyclic) bond motifs is 5. The van der Waals surface area contributed by atoms with Gasteiger partial charge in [-0.25, -0.2) is 0 Å². The molecule has 0 aromatic carbocycles. The highest BCUT2D eigenvalue weighted by Gasteiger charge is 2.64. The summed E-state index contributed by atoms with van der Waals surface area (Å²) in [6.45, 7) is 9.58. The Balaban J connectivity index is 1.58. The smallest absolute Gasteiger partial charge is 0.305 e. The summed E-state index contributed by atoms with van der Waals surface area (Å²) in [4.78, 5) is 11.7. The van der Waals surface area contributed by atoms with Gasteiger partial charge in [-0.05, 0) is 104 Å². The van der Waals surface area contributed by atoms with Gasteiger partial charge in [0.15, 0.2) is 0 Å². The van der Waals surface area contributed by atoms with Gasteiger partial charge in [-0.2, -0.15) is 0 Å². The molecule has 0 bridgehead atoms. The summed E-state index contributed by atoms with van der Waals surface area (Å²) >= 11 is 0. The molecule has 178 valence electrons. The normalized spacial score (nSPS) is 50.2. The van der Waals surface area contributed by atoms with E-state index < -0.39 is 0 Å². The maximum Gasteiger partial charge on any atom is 0.305 e. The predicted molar refractivity (Wildman–Crippen MR) is 122 cm³/mol. The maximum atomic E-state index is 11.8. The zero-order valence-corrected chi connectivity index (χ0v) is 20.5. The third-order valence-corrected chi connectivity index (χ3v) is 11.2. The number of carbonyl (C=O) groups excluding carboxylic acids is 1. The van der Waals surface area contributed by atoms with Crippen molar-refractivity contribution in [3.8, 4) is 0 Å². The molecule has 4 aliphatic rings. The van der Waals surface area contributed by atoms with Crippen LogP contribution in [0.2, 0.25) is 0 Å². The van der Waals surface area contributed by atoms with Crippen LogP contribution in [0.5, 0.6) is 0 Å². The molecule has 0 radical (unpaired) electrons. The first-order valence-electron chi connectivity index (χ1n) is 13.1. The number of hydrogen-bond acceptors (Lipinski definition) is 4. The van der Waals surface area contributed by atoms with Crippen molar-refractivity contribution in [2.75, 3.05) is 7.11 Å². The molecule has 0 amide bonds. The first-order valence-corrected chi connectivity index (χ1v) is 13.1. The van der Waals surface area contributed by atoms with Gasteiger partial charge in [0.2, 0.25) is 0 Å². The Labute approximate surface area is 189 Å². The molecular formula is C27H46O4. The maximum absolute atomic E-state index is 11.8. The topological polar surface area (TPSA) is 66.8 Å². The van der Waals surface area contributed by atoms with Crippen LogP contribution in [0.4, 0.5) is 0 Å². The molecule has 0 heterocycles. The molecule has 2 N–H and O–H groups in total. The molecule has 0 spiro atoms. The number of aliphatic hydroxyl groups is 2. The van der Waals surface area contributed by atoms with Crippen molar-refractivity contribution < 1.29 is 19.7 Å². The third-order valence-electron chi connectivity index (χ3n) is 11.2. The Kier molecular flexibility index (Phi) is 6.55. The lowest BCUT2D eigenvalue weighted by atomic mass is 9.41. The highest BCUT2D eigenvalue weighted by molar-refractivity contribution is 5.69. The number of hydrogen-bond donors (Lipinski definition) is 2. The summed E-state index contributed by atoms with van der Waals surface area (Å²) < 4.78 is 4.88. The zero-order valence-electron chi connectivity index (χ0n) is 20.5. The molecule has 0 saturated heterocycles. The standard InChI is InChI=1S/C27H46O4/c1-6-18-22-15-17(28)11-13-27(22,4)21-12-14-26(3)19(16(2)7-10-23(29)31-5)8-9-20(26)24(21)25(18)30/h16-22,24-25,28,30H,6-15H2,1-5H3/t16-,17-,18-,19-,20?,21?,22+,24?,25?,26-,27-/m1/s1. The Bertz CT molecular complexity index is 664. The molecule has 31 heavy (non-hydrogen) atoms. The SMILES string of the molecule is CC[C@H]1C(O)C2C3CC[C@H]([C@H](C)CCC(=O)OC)[C@@]3(C)CCC2[C@@]2(C)CC[C@@H](O)C[C@@H]12. The number of ether oxygens (including phenoxy) is 1. The second-order valence-electron chi connectivity index (χ2n) is 12.2. The number of rotatable bonds is 5. The Hall–Kier alpha value is -0.610. The van der Waals surface area contributed by atoms with E-state index in [0.29, 0.717) is 47.8 Å². The van der Waals surface area contributed by atoms with Gasteiger partial charge in [-0.3, -0.25) is 4.79 Å². The van der Waals surface area contributed by atoms with Crippen LogP contribution in [0.1, 0.15) is 91.9 Å². The molecule has 4 rings (SSSR count). The number of methoxy groups -OCH3 is 1. The Morgan fingerprint density at radius 1 is 1.03 bits per heavy atom. The zero-order chi connectivity index (χ0) is 22.6. The quantitative estimate of drug-likeness (QED) is 0.584. The van der Waals surface area contributed by atoms with Crippen LogP contribution in [0.3, 0.4) is 0 Å². The largest absolute Gasteiger partial charge is 0.469 e. The minimum atomic E-state index is -0.230. The van der Waals surface area contributed by atoms with Crippen LogP contribution < -0.4 is 0 Å². The van der Waals surface area contributed by atoms with Crippen LogP contribution in [0.25, 0.3) is 0 Å². The molecule has 4 heteroatoms. The Morgan fingerprint density at radius 3 is 2.39 bits per heavy atom. The summed E-state index contributed by atoms with van der Waals surface area (Å²) in [5.41, 5.74) is 0.535. The Morgan fingerprint density at radius 2 is 1.71 bits per heavy atom. The van der Waals surface area contributed by atoms with Gasteiger partial charge in [-0.15, -0.1) is 0 Å². The van der Waals surface area contributed by atoms with Crippen molar-refractivity contribution in [3.05, 3.63) is 0 Å². The van der Waals surface area contributed by atoms with Crippen molar-refractivity contribution in [2.45, 2.75) is 104 Å². The second kappa shape index (κ2) is 8.63. The monoisotopic (exact) mass is 434 g/mol. The fraction of sp³-hybridized carbons (Fsp3) is 0.963. The fourth-order valence-corrected chi connectivity index (χ4v) is 9.58. The van der Waals surface area contributed by atoms with Gasteiger partial charge in [0.1, 0.15) is 0 Å². The highest BCUT2D eigenvalue weighted by atomic mass is 16.5. The van der Waals surface area contributed by atoms with Crippen molar-refractivity contribution in [3.63, 3.8) is 0 Å². The molecular weight excluding hydrogens is 388 g/mol. The van der Waals surface area contributed by atoms with E-state index in [1.807, 2.05) is 0 Å². The van der Waals surface area contributed by atoms with Crippen LogP contribution >= 0.6 is 0 Å². The average molecular weight is 435 g/mol. The molecule has 0 aromatic heterocycles. The molecule has 4 unspecified atom stereocenters. The summed E-state index contributed by atoms with van der Waals surface area (Å²) in [5, 5.41) is 22.2. The van der Waals surface area contributed by atoms with E-state index in [-0.39, 0.29) is 29.0 Å². The molecule has 0 aromatic rings. The highest BCUT2D eigenvalue weighted by Crippen LogP contribution is 2.69. The second-order valence-corrected chi connectivity index (χ2v) is 12.2. The van der Waals surface area contributed by atoms with E-state index in [2.05, 4.69) is 27.7 Å². The predicted octanol–water partition coefficient (Wildman–Crippen LogP) is 5.20. The molecule has 11 atom stereocenters. The first kappa shape index (κ1) is 23.5. The van der Waals surface area contributed by atoms with E-state index in [0.717, 1.165) is 32.1 Å². The van der Waals surface area contributed by atoms with Gasteiger partial charge >= 0.3 is 5.97 Å². The van der Waals surface area contributed by atoms with Gasteiger partial charge < -0.3 is 14.9 Å². The molecule has 4 fully saturated rings. The van der Waals surface area contributed by atoms with Crippen molar-refractivity contribution in [2.24, 2.45) is 52.3 Å². The summed E-state index contributed by atoms with van der Waals surface area (Å²) in [6.07, 6.45) is 9.87. The lowest BCUT2D eigenvalue weighted by molar-refractivity contribution is -0.203. The van der Waals surface area contributed by atoms with Crippen molar-refractivity contribution in [1.29, 1.82) is 0 Å². The minimum Gasteiger partial charge on any atom is -0.469 e. The van der Waals surface area contributed by atoms with Gasteiger partial charge in [-0.1, -0.05) is 34.1 Å². The van der Waals surface area contributed by atoms with Gasteiger partial charge in [0, 0.05) is 6.42 Å². The summed E-state index contributed by atoms with van der Waals surface area (Å²) in [6, 6.07) is 0. The first-order chi connectivity index (χ1) is 14.7. The molecule has 0 aliphatic heterocycles. The number of esters is 1. The van der Waals surface area contributed by atoms with E-state index in [9.17, 15) is 15.0 Å². The molecule has 4 nitrogen and oxygen atoms in total. The van der Waals surface area contributed by atoms with Gasteiger partial charge in [0.25, 0.3) is 0 Å². The van der Waals surface area contributed by atoms with Crippen LogP contribution in [-0.4, -0.2) is 35.5 Å². The molecule has 4 saturated carbocycles. The summed E-state index contributed by atoms with van der Waals surface area (Å²) in [5.74, 6) is 3.41. The number of carbonyl (C=O) groups is 1. The lowest BCUT2D eigenvalue weighted by Crippen LogP contribution is -2.62. The van der Waals surface area contributed by atoms with Crippen LogP contribution in [0.15, 0.2) is 0 Å². The van der Waals surface area contributed by atoms with Crippen LogP contribution in [0, 0.1) is 52.3 Å². The minimum absolute atomic E-state index is 0.0952. The van der Waals surface area contributed by atoms with Crippen molar-refractivity contribution >= 4 is 5.97 Å². The van der Waals surface area contributed by atoms with Gasteiger partial charge in [0.05, 0.1) is 19.3 Å². The van der Waals surface area contributed by atoms with E-state index in [4.69, 9.17) is 4.74 Å². The lowest BCUT2D eigenvalue weighted by Gasteiger charge is -2.64.